The van der Waals surface area contributed by atoms with Gasteiger partial charge in [0.05, 0.1) is 6.10 Å². The Morgan fingerprint density at radius 1 is 1.29 bits per heavy atom. The van der Waals surface area contributed by atoms with Crippen LogP contribution in [-0.2, 0) is 4.74 Å². The summed E-state index contributed by atoms with van der Waals surface area (Å²) in [5.74, 6) is 0. The van der Waals surface area contributed by atoms with Gasteiger partial charge in [-0.05, 0) is 18.6 Å². The van der Waals surface area contributed by atoms with E-state index in [1.54, 1.807) is 25.3 Å². The number of rotatable bonds is 6. The maximum Gasteiger partial charge on any atom is 0.108 e. The normalized spacial score (nSPS) is 14.6. The standard InChI is InChI=1S/C13H18Cl2O2/c1-3-4-8-11(17-2)13(16)12-9(14)6-5-7-10(12)15/h5-7,11,13,16H,3-4,8H2,1-2H3. The van der Waals surface area contributed by atoms with E-state index >= 15 is 0 Å². The van der Waals surface area contributed by atoms with Gasteiger partial charge in [0.2, 0.25) is 0 Å². The van der Waals surface area contributed by atoms with Gasteiger partial charge in [-0.25, -0.2) is 0 Å². The molecule has 0 heterocycles. The molecular weight excluding hydrogens is 259 g/mol. The number of aliphatic hydroxyl groups excluding tert-OH is 1. The lowest BCUT2D eigenvalue weighted by molar-refractivity contribution is -0.0186. The van der Waals surface area contributed by atoms with Crippen molar-refractivity contribution < 1.29 is 9.84 Å². The third-order valence-electron chi connectivity index (χ3n) is 2.79. The predicted molar refractivity (Wildman–Crippen MR) is 71.7 cm³/mol. The fourth-order valence-electron chi connectivity index (χ4n) is 1.79. The summed E-state index contributed by atoms with van der Waals surface area (Å²) in [7, 11) is 1.59. The molecule has 4 heteroatoms. The van der Waals surface area contributed by atoms with E-state index in [9.17, 15) is 5.11 Å². The number of hydrogen-bond donors (Lipinski definition) is 1. The molecule has 2 nitrogen and oxygen atoms in total. The predicted octanol–water partition coefficient (Wildman–Crippen LogP) is 4.23. The van der Waals surface area contributed by atoms with Gasteiger partial charge in [0.1, 0.15) is 6.10 Å². The largest absolute Gasteiger partial charge is 0.386 e. The van der Waals surface area contributed by atoms with Crippen LogP contribution in [0.1, 0.15) is 37.9 Å². The lowest BCUT2D eigenvalue weighted by Crippen LogP contribution is -2.21. The first kappa shape index (κ1) is 14.8. The molecule has 17 heavy (non-hydrogen) atoms. The first-order valence-corrected chi connectivity index (χ1v) is 6.52. The zero-order chi connectivity index (χ0) is 12.8. The number of methoxy groups -OCH3 is 1. The first-order valence-electron chi connectivity index (χ1n) is 5.76. The third-order valence-corrected chi connectivity index (χ3v) is 3.45. The highest BCUT2D eigenvalue weighted by molar-refractivity contribution is 6.36. The molecule has 0 saturated heterocycles. The molecule has 0 saturated carbocycles. The molecule has 0 fully saturated rings. The van der Waals surface area contributed by atoms with E-state index in [0.29, 0.717) is 15.6 Å². The van der Waals surface area contributed by atoms with E-state index < -0.39 is 6.10 Å². The van der Waals surface area contributed by atoms with Crippen molar-refractivity contribution in [2.45, 2.75) is 38.4 Å². The van der Waals surface area contributed by atoms with Crippen molar-refractivity contribution in [3.05, 3.63) is 33.8 Å². The Labute approximate surface area is 113 Å². The summed E-state index contributed by atoms with van der Waals surface area (Å²) in [6.45, 7) is 2.10. The van der Waals surface area contributed by atoms with Crippen LogP contribution in [-0.4, -0.2) is 18.3 Å². The van der Waals surface area contributed by atoms with Crippen LogP contribution in [0.5, 0.6) is 0 Å². The number of unbranched alkanes of at least 4 members (excludes halogenated alkanes) is 1. The second-order valence-electron chi connectivity index (χ2n) is 4.00. The smallest absolute Gasteiger partial charge is 0.108 e. The van der Waals surface area contributed by atoms with Crippen LogP contribution in [0.25, 0.3) is 0 Å². The van der Waals surface area contributed by atoms with Gasteiger partial charge >= 0.3 is 0 Å². The Balaban J connectivity index is 2.89. The van der Waals surface area contributed by atoms with Crippen LogP contribution < -0.4 is 0 Å². The average Bonchev–Trinajstić information content (AvgIpc) is 2.30. The number of halogens is 2. The van der Waals surface area contributed by atoms with Crippen molar-refractivity contribution in [1.82, 2.24) is 0 Å². The monoisotopic (exact) mass is 276 g/mol. The second kappa shape index (κ2) is 7.22. The Morgan fingerprint density at radius 2 is 1.88 bits per heavy atom. The van der Waals surface area contributed by atoms with Gasteiger partial charge in [-0.2, -0.15) is 0 Å². The van der Waals surface area contributed by atoms with E-state index in [0.717, 1.165) is 19.3 Å². The summed E-state index contributed by atoms with van der Waals surface area (Å²) in [6.07, 6.45) is 1.79. The summed E-state index contributed by atoms with van der Waals surface area (Å²) >= 11 is 12.1. The maximum atomic E-state index is 10.3. The van der Waals surface area contributed by atoms with E-state index in [1.165, 1.54) is 0 Å². The van der Waals surface area contributed by atoms with Crippen molar-refractivity contribution in [3.63, 3.8) is 0 Å². The second-order valence-corrected chi connectivity index (χ2v) is 4.81. The van der Waals surface area contributed by atoms with Gasteiger partial charge in [0, 0.05) is 22.7 Å². The summed E-state index contributed by atoms with van der Waals surface area (Å²) in [6, 6.07) is 5.20. The number of benzene rings is 1. The molecule has 0 aromatic heterocycles. The third kappa shape index (κ3) is 3.85. The van der Waals surface area contributed by atoms with E-state index in [1.807, 2.05) is 0 Å². The van der Waals surface area contributed by atoms with E-state index in [-0.39, 0.29) is 6.10 Å². The lowest BCUT2D eigenvalue weighted by atomic mass is 10.00. The molecule has 0 aliphatic rings. The molecule has 1 aromatic rings. The Morgan fingerprint density at radius 3 is 2.35 bits per heavy atom. The van der Waals surface area contributed by atoms with Crippen LogP contribution in [0.4, 0.5) is 0 Å². The Hall–Kier alpha value is -0.280. The maximum absolute atomic E-state index is 10.3. The van der Waals surface area contributed by atoms with Crippen LogP contribution in [0.3, 0.4) is 0 Å². The van der Waals surface area contributed by atoms with Gasteiger partial charge in [-0.15, -0.1) is 0 Å². The minimum atomic E-state index is -0.784. The molecule has 1 rings (SSSR count). The van der Waals surface area contributed by atoms with Gasteiger partial charge in [-0.1, -0.05) is 49.0 Å². The van der Waals surface area contributed by atoms with Gasteiger partial charge in [-0.3, -0.25) is 0 Å². The Kier molecular flexibility index (Phi) is 6.28. The SMILES string of the molecule is CCCCC(OC)C(O)c1c(Cl)cccc1Cl. The van der Waals surface area contributed by atoms with Crippen molar-refractivity contribution in [2.75, 3.05) is 7.11 Å². The lowest BCUT2D eigenvalue weighted by Gasteiger charge is -2.23. The number of aliphatic hydroxyl groups is 1. The van der Waals surface area contributed by atoms with Crippen molar-refractivity contribution >= 4 is 23.2 Å². The molecule has 0 bridgehead atoms. The summed E-state index contributed by atoms with van der Waals surface area (Å²) in [5, 5.41) is 11.2. The van der Waals surface area contributed by atoms with E-state index in [4.69, 9.17) is 27.9 Å². The van der Waals surface area contributed by atoms with E-state index in [2.05, 4.69) is 6.92 Å². The molecule has 0 radical (unpaired) electrons. The molecule has 0 aliphatic heterocycles. The van der Waals surface area contributed by atoms with Crippen molar-refractivity contribution in [2.24, 2.45) is 0 Å². The molecular formula is C13H18Cl2O2. The molecule has 96 valence electrons. The van der Waals surface area contributed by atoms with Gasteiger partial charge < -0.3 is 9.84 Å². The van der Waals surface area contributed by atoms with Gasteiger partial charge in [0.25, 0.3) is 0 Å². The van der Waals surface area contributed by atoms with Crippen LogP contribution in [0.15, 0.2) is 18.2 Å². The number of hydrogen-bond acceptors (Lipinski definition) is 2. The molecule has 2 atom stereocenters. The van der Waals surface area contributed by atoms with Gasteiger partial charge in [0.15, 0.2) is 0 Å². The molecule has 1 aromatic carbocycles. The summed E-state index contributed by atoms with van der Waals surface area (Å²) < 4.78 is 5.31. The molecule has 1 N–H and O–H groups in total. The Bertz CT molecular complexity index is 335. The number of ether oxygens (including phenoxy) is 1. The first-order chi connectivity index (χ1) is 8.11. The quantitative estimate of drug-likeness (QED) is 0.843. The summed E-state index contributed by atoms with van der Waals surface area (Å²) in [4.78, 5) is 0. The van der Waals surface area contributed by atoms with Crippen molar-refractivity contribution in [3.8, 4) is 0 Å². The fraction of sp³-hybridized carbons (Fsp3) is 0.538. The minimum absolute atomic E-state index is 0.271. The van der Waals surface area contributed by atoms with Crippen LogP contribution in [0.2, 0.25) is 10.0 Å². The van der Waals surface area contributed by atoms with Crippen LogP contribution >= 0.6 is 23.2 Å². The molecule has 0 aliphatic carbocycles. The van der Waals surface area contributed by atoms with Crippen molar-refractivity contribution in [1.29, 1.82) is 0 Å². The van der Waals surface area contributed by atoms with Crippen LogP contribution in [0, 0.1) is 0 Å². The zero-order valence-corrected chi connectivity index (χ0v) is 11.6. The minimum Gasteiger partial charge on any atom is -0.386 e. The highest BCUT2D eigenvalue weighted by atomic mass is 35.5. The molecule has 0 amide bonds. The molecule has 2 unspecified atom stereocenters. The molecule has 0 spiro atoms. The highest BCUT2D eigenvalue weighted by Gasteiger charge is 2.24. The highest BCUT2D eigenvalue weighted by Crippen LogP contribution is 2.33. The fourth-order valence-corrected chi connectivity index (χ4v) is 2.41. The zero-order valence-electron chi connectivity index (χ0n) is 10.1. The topological polar surface area (TPSA) is 29.5 Å². The average molecular weight is 277 g/mol. The summed E-state index contributed by atoms with van der Waals surface area (Å²) in [5.41, 5.74) is 0.554.